The van der Waals surface area contributed by atoms with Crippen LogP contribution < -0.4 is 10.6 Å². The molecule has 0 aromatic carbocycles. The van der Waals surface area contributed by atoms with Crippen LogP contribution in [0.2, 0.25) is 0 Å². The minimum absolute atomic E-state index is 0.0249. The second-order valence-electron chi connectivity index (χ2n) is 7.22. The second kappa shape index (κ2) is 6.72. The molecule has 7 heteroatoms. The zero-order valence-corrected chi connectivity index (χ0v) is 14.4. The molecule has 1 aromatic heterocycles. The third kappa shape index (κ3) is 3.02. The normalized spacial score (nSPS) is 26.4. The predicted octanol–water partition coefficient (Wildman–Crippen LogP) is 0.893. The summed E-state index contributed by atoms with van der Waals surface area (Å²) in [5, 5.41) is 6.38. The van der Waals surface area contributed by atoms with Gasteiger partial charge in [-0.15, -0.1) is 0 Å². The first-order chi connectivity index (χ1) is 12.2. The lowest BCUT2D eigenvalue weighted by atomic mass is 9.98. The van der Waals surface area contributed by atoms with E-state index in [1.54, 1.807) is 6.20 Å². The molecule has 4 rings (SSSR count). The SMILES string of the molecule is O=C1NC2(CCCC2)C(=O)N1CCN1CCNCC1c1cccnc1. The molecule has 0 radical (unpaired) electrons. The molecule has 2 aliphatic heterocycles. The predicted molar refractivity (Wildman–Crippen MR) is 92.9 cm³/mol. The molecule has 1 atom stereocenters. The second-order valence-corrected chi connectivity index (χ2v) is 7.22. The van der Waals surface area contributed by atoms with Gasteiger partial charge in [-0.05, 0) is 24.5 Å². The maximum absolute atomic E-state index is 12.8. The first-order valence-electron chi connectivity index (χ1n) is 9.18. The Bertz CT molecular complexity index is 644. The molecule has 1 spiro atoms. The molecule has 2 N–H and O–H groups in total. The molecule has 7 nitrogen and oxygen atoms in total. The molecule has 1 unspecified atom stereocenters. The number of hydrogen-bond acceptors (Lipinski definition) is 5. The summed E-state index contributed by atoms with van der Waals surface area (Å²) in [4.78, 5) is 33.1. The van der Waals surface area contributed by atoms with Crippen LogP contribution >= 0.6 is 0 Å². The Labute approximate surface area is 147 Å². The number of nitrogens with one attached hydrogen (secondary N) is 2. The third-order valence-electron chi connectivity index (χ3n) is 5.74. The Hall–Kier alpha value is -1.99. The molecule has 3 fully saturated rings. The zero-order valence-electron chi connectivity index (χ0n) is 14.4. The highest BCUT2D eigenvalue weighted by Crippen LogP contribution is 2.35. The fraction of sp³-hybridized carbons (Fsp3) is 0.611. The molecule has 2 saturated heterocycles. The van der Waals surface area contributed by atoms with Crippen LogP contribution in [0.25, 0.3) is 0 Å². The number of hydrogen-bond donors (Lipinski definition) is 2. The molecule has 0 bridgehead atoms. The molecule has 3 heterocycles. The molecular weight excluding hydrogens is 318 g/mol. The van der Waals surface area contributed by atoms with Crippen LogP contribution in [0.4, 0.5) is 4.79 Å². The van der Waals surface area contributed by atoms with E-state index in [-0.39, 0.29) is 18.0 Å². The third-order valence-corrected chi connectivity index (χ3v) is 5.74. The highest BCUT2D eigenvalue weighted by Gasteiger charge is 2.52. The van der Waals surface area contributed by atoms with Crippen molar-refractivity contribution >= 4 is 11.9 Å². The van der Waals surface area contributed by atoms with E-state index in [4.69, 9.17) is 0 Å². The Balaban J connectivity index is 1.43. The van der Waals surface area contributed by atoms with Crippen LogP contribution in [0.1, 0.15) is 37.3 Å². The maximum Gasteiger partial charge on any atom is 0.325 e. The zero-order chi connectivity index (χ0) is 17.3. The molecule has 134 valence electrons. The van der Waals surface area contributed by atoms with Gasteiger partial charge in [-0.3, -0.25) is 19.6 Å². The van der Waals surface area contributed by atoms with E-state index in [2.05, 4.69) is 26.6 Å². The van der Waals surface area contributed by atoms with Crippen molar-refractivity contribution in [2.75, 3.05) is 32.7 Å². The van der Waals surface area contributed by atoms with E-state index in [9.17, 15) is 9.59 Å². The monoisotopic (exact) mass is 343 g/mol. The molecule has 1 aliphatic carbocycles. The number of urea groups is 1. The lowest BCUT2D eigenvalue weighted by molar-refractivity contribution is -0.131. The quantitative estimate of drug-likeness (QED) is 0.794. The largest absolute Gasteiger partial charge is 0.325 e. The van der Waals surface area contributed by atoms with Crippen molar-refractivity contribution in [3.05, 3.63) is 30.1 Å². The standard InChI is InChI=1S/C18H25N5O2/c24-16-18(5-1-2-6-18)21-17(25)23(16)11-10-22-9-8-20-13-15(22)14-4-3-7-19-12-14/h3-4,7,12,15,20H,1-2,5-6,8-11,13H2,(H,21,25). The fourth-order valence-corrected chi connectivity index (χ4v) is 4.34. The molecular formula is C18H25N5O2. The van der Waals surface area contributed by atoms with Crippen molar-refractivity contribution in [1.82, 2.24) is 25.4 Å². The number of aromatic nitrogens is 1. The van der Waals surface area contributed by atoms with E-state index >= 15 is 0 Å². The Morgan fingerprint density at radius 3 is 2.84 bits per heavy atom. The van der Waals surface area contributed by atoms with Crippen LogP contribution in [0.5, 0.6) is 0 Å². The number of imide groups is 1. The van der Waals surface area contributed by atoms with E-state index in [0.29, 0.717) is 13.1 Å². The van der Waals surface area contributed by atoms with Crippen molar-refractivity contribution in [2.24, 2.45) is 0 Å². The Morgan fingerprint density at radius 2 is 2.08 bits per heavy atom. The molecule has 3 amide bonds. The summed E-state index contributed by atoms with van der Waals surface area (Å²) in [6.45, 7) is 3.81. The first kappa shape index (κ1) is 16.5. The number of piperazine rings is 1. The first-order valence-corrected chi connectivity index (χ1v) is 9.18. The van der Waals surface area contributed by atoms with Crippen LogP contribution in [-0.2, 0) is 4.79 Å². The summed E-state index contributed by atoms with van der Waals surface area (Å²) in [5.74, 6) is -0.0249. The maximum atomic E-state index is 12.8. The summed E-state index contributed by atoms with van der Waals surface area (Å²) in [6, 6.07) is 4.03. The topological polar surface area (TPSA) is 77.6 Å². The summed E-state index contributed by atoms with van der Waals surface area (Å²) in [5.41, 5.74) is 0.558. The summed E-state index contributed by atoms with van der Waals surface area (Å²) in [6.07, 6.45) is 7.26. The fourth-order valence-electron chi connectivity index (χ4n) is 4.34. The number of carbonyl (C=O) groups is 2. The number of pyridine rings is 1. The Morgan fingerprint density at radius 1 is 1.24 bits per heavy atom. The molecule has 1 saturated carbocycles. The van der Waals surface area contributed by atoms with Gasteiger partial charge in [0.2, 0.25) is 0 Å². The van der Waals surface area contributed by atoms with Gasteiger partial charge in [0, 0.05) is 51.2 Å². The van der Waals surface area contributed by atoms with E-state index in [1.165, 1.54) is 10.5 Å². The van der Waals surface area contributed by atoms with Gasteiger partial charge < -0.3 is 10.6 Å². The van der Waals surface area contributed by atoms with E-state index < -0.39 is 5.54 Å². The van der Waals surface area contributed by atoms with Gasteiger partial charge in [0.15, 0.2) is 0 Å². The van der Waals surface area contributed by atoms with Crippen LogP contribution in [0.3, 0.4) is 0 Å². The van der Waals surface area contributed by atoms with E-state index in [0.717, 1.165) is 45.3 Å². The summed E-state index contributed by atoms with van der Waals surface area (Å²) in [7, 11) is 0. The highest BCUT2D eigenvalue weighted by atomic mass is 16.2. The number of amides is 3. The lowest BCUT2D eigenvalue weighted by Crippen LogP contribution is -2.49. The van der Waals surface area contributed by atoms with Gasteiger partial charge in [0.1, 0.15) is 5.54 Å². The highest BCUT2D eigenvalue weighted by molar-refractivity contribution is 6.07. The van der Waals surface area contributed by atoms with Crippen LogP contribution in [0, 0.1) is 0 Å². The van der Waals surface area contributed by atoms with Gasteiger partial charge in [0.05, 0.1) is 0 Å². The Kier molecular flexibility index (Phi) is 4.43. The number of rotatable bonds is 4. The molecule has 3 aliphatic rings. The average molecular weight is 343 g/mol. The lowest BCUT2D eigenvalue weighted by Gasteiger charge is -2.37. The van der Waals surface area contributed by atoms with E-state index in [1.807, 2.05) is 12.3 Å². The van der Waals surface area contributed by atoms with Gasteiger partial charge in [-0.1, -0.05) is 18.9 Å². The molecule has 1 aromatic rings. The summed E-state index contributed by atoms with van der Waals surface area (Å²) >= 11 is 0. The average Bonchev–Trinajstić information content (AvgIpc) is 3.20. The van der Waals surface area contributed by atoms with Crippen molar-refractivity contribution < 1.29 is 9.59 Å². The molecule has 25 heavy (non-hydrogen) atoms. The van der Waals surface area contributed by atoms with Crippen molar-refractivity contribution in [2.45, 2.75) is 37.3 Å². The van der Waals surface area contributed by atoms with Gasteiger partial charge >= 0.3 is 6.03 Å². The van der Waals surface area contributed by atoms with Crippen LogP contribution in [-0.4, -0.2) is 65.0 Å². The summed E-state index contributed by atoms with van der Waals surface area (Å²) < 4.78 is 0. The number of nitrogens with zero attached hydrogens (tertiary/aromatic N) is 3. The minimum atomic E-state index is -0.608. The van der Waals surface area contributed by atoms with Crippen molar-refractivity contribution in [3.63, 3.8) is 0 Å². The minimum Gasteiger partial charge on any atom is -0.323 e. The van der Waals surface area contributed by atoms with Crippen LogP contribution in [0.15, 0.2) is 24.5 Å². The van der Waals surface area contributed by atoms with Gasteiger partial charge in [-0.2, -0.15) is 0 Å². The van der Waals surface area contributed by atoms with Gasteiger partial charge in [0.25, 0.3) is 5.91 Å². The number of carbonyl (C=O) groups excluding carboxylic acids is 2. The smallest absolute Gasteiger partial charge is 0.323 e. The van der Waals surface area contributed by atoms with Gasteiger partial charge in [-0.25, -0.2) is 4.79 Å². The van der Waals surface area contributed by atoms with Crippen molar-refractivity contribution in [3.8, 4) is 0 Å². The van der Waals surface area contributed by atoms with Crippen molar-refractivity contribution in [1.29, 1.82) is 0 Å².